The maximum Gasteiger partial charge on any atom is 0.201 e. The van der Waals surface area contributed by atoms with Crippen molar-refractivity contribution in [3.05, 3.63) is 24.0 Å². The van der Waals surface area contributed by atoms with E-state index in [2.05, 4.69) is 20.2 Å². The minimum Gasteiger partial charge on any atom is -0.355 e. The molecule has 1 aliphatic rings. The fourth-order valence-electron chi connectivity index (χ4n) is 2.22. The SMILES string of the molecule is Fc1ccc2nc(NCCN3CCSCC3)[nH]c2c1. The Morgan fingerprint density at radius 2 is 2.21 bits per heavy atom. The Hall–Kier alpha value is -1.27. The zero-order chi connectivity index (χ0) is 13.1. The first kappa shape index (κ1) is 12.7. The van der Waals surface area contributed by atoms with E-state index >= 15 is 0 Å². The van der Waals surface area contributed by atoms with Gasteiger partial charge in [-0.25, -0.2) is 9.37 Å². The van der Waals surface area contributed by atoms with Crippen LogP contribution in [0.2, 0.25) is 0 Å². The van der Waals surface area contributed by atoms with Gasteiger partial charge >= 0.3 is 0 Å². The highest BCUT2D eigenvalue weighted by atomic mass is 32.2. The second-order valence-corrected chi connectivity index (χ2v) is 5.85. The molecule has 1 aromatic heterocycles. The van der Waals surface area contributed by atoms with Gasteiger partial charge in [-0.3, -0.25) is 4.90 Å². The van der Waals surface area contributed by atoms with Gasteiger partial charge in [0.25, 0.3) is 0 Å². The van der Waals surface area contributed by atoms with Crippen LogP contribution in [0.5, 0.6) is 0 Å². The van der Waals surface area contributed by atoms with E-state index in [9.17, 15) is 4.39 Å². The molecule has 19 heavy (non-hydrogen) atoms. The van der Waals surface area contributed by atoms with E-state index in [1.54, 1.807) is 6.07 Å². The number of aromatic nitrogens is 2. The number of hydrogen-bond donors (Lipinski definition) is 2. The fraction of sp³-hybridized carbons (Fsp3) is 0.462. The van der Waals surface area contributed by atoms with Crippen LogP contribution in [-0.4, -0.2) is 52.6 Å². The molecule has 4 nitrogen and oxygen atoms in total. The van der Waals surface area contributed by atoms with Crippen molar-refractivity contribution in [3.63, 3.8) is 0 Å². The molecule has 0 atom stereocenters. The van der Waals surface area contributed by atoms with E-state index < -0.39 is 0 Å². The molecule has 1 fully saturated rings. The number of hydrogen-bond acceptors (Lipinski definition) is 4. The fourth-order valence-corrected chi connectivity index (χ4v) is 3.20. The lowest BCUT2D eigenvalue weighted by atomic mass is 10.3. The number of nitrogens with zero attached hydrogens (tertiary/aromatic N) is 2. The van der Waals surface area contributed by atoms with Gasteiger partial charge in [0.2, 0.25) is 5.95 Å². The quantitative estimate of drug-likeness (QED) is 0.901. The minimum atomic E-state index is -0.242. The summed E-state index contributed by atoms with van der Waals surface area (Å²) in [5.41, 5.74) is 1.52. The van der Waals surface area contributed by atoms with E-state index in [1.807, 2.05) is 11.8 Å². The number of benzene rings is 1. The summed E-state index contributed by atoms with van der Waals surface area (Å²) >= 11 is 2.02. The molecule has 0 unspecified atom stereocenters. The molecule has 0 radical (unpaired) electrons. The van der Waals surface area contributed by atoms with Crippen LogP contribution in [0, 0.1) is 5.82 Å². The lowest BCUT2D eigenvalue weighted by Crippen LogP contribution is -2.36. The summed E-state index contributed by atoms with van der Waals surface area (Å²) in [4.78, 5) is 9.92. The van der Waals surface area contributed by atoms with Gasteiger partial charge in [-0.1, -0.05) is 0 Å². The Bertz CT molecular complexity index is 551. The first-order valence-corrected chi connectivity index (χ1v) is 7.66. The molecule has 0 bridgehead atoms. The second kappa shape index (κ2) is 5.79. The maximum atomic E-state index is 13.1. The number of halogens is 1. The molecule has 1 aromatic carbocycles. The van der Waals surface area contributed by atoms with Crippen LogP contribution >= 0.6 is 11.8 Å². The van der Waals surface area contributed by atoms with Crippen LogP contribution in [-0.2, 0) is 0 Å². The lowest BCUT2D eigenvalue weighted by Gasteiger charge is -2.25. The first-order chi connectivity index (χ1) is 9.31. The highest BCUT2D eigenvalue weighted by Gasteiger charge is 2.09. The van der Waals surface area contributed by atoms with Crippen molar-refractivity contribution in [2.45, 2.75) is 0 Å². The van der Waals surface area contributed by atoms with E-state index in [0.29, 0.717) is 5.95 Å². The Kier molecular flexibility index (Phi) is 3.89. The van der Waals surface area contributed by atoms with Crippen LogP contribution in [0.25, 0.3) is 11.0 Å². The van der Waals surface area contributed by atoms with Crippen molar-refractivity contribution in [1.82, 2.24) is 14.9 Å². The van der Waals surface area contributed by atoms with Crippen molar-refractivity contribution in [1.29, 1.82) is 0 Å². The van der Waals surface area contributed by atoms with Crippen LogP contribution in [0.15, 0.2) is 18.2 Å². The van der Waals surface area contributed by atoms with Crippen LogP contribution in [0.3, 0.4) is 0 Å². The number of nitrogens with one attached hydrogen (secondary N) is 2. The van der Waals surface area contributed by atoms with Crippen molar-refractivity contribution in [2.75, 3.05) is 43.0 Å². The number of H-pyrrole nitrogens is 1. The number of thioether (sulfide) groups is 1. The number of aromatic amines is 1. The summed E-state index contributed by atoms with van der Waals surface area (Å²) < 4.78 is 13.1. The topological polar surface area (TPSA) is 44.0 Å². The highest BCUT2D eigenvalue weighted by Crippen LogP contribution is 2.15. The van der Waals surface area contributed by atoms with E-state index in [1.165, 1.54) is 23.6 Å². The minimum absolute atomic E-state index is 0.242. The van der Waals surface area contributed by atoms with Gasteiger partial charge in [0.05, 0.1) is 11.0 Å². The molecular weight excluding hydrogens is 263 g/mol. The second-order valence-electron chi connectivity index (χ2n) is 4.63. The summed E-state index contributed by atoms with van der Waals surface area (Å²) in [6.07, 6.45) is 0. The molecule has 0 saturated carbocycles. The Morgan fingerprint density at radius 1 is 1.37 bits per heavy atom. The number of imidazole rings is 1. The van der Waals surface area contributed by atoms with Gasteiger partial charge in [0.15, 0.2) is 0 Å². The average molecular weight is 280 g/mol. The average Bonchev–Trinajstić information content (AvgIpc) is 2.82. The van der Waals surface area contributed by atoms with Crippen LogP contribution in [0.4, 0.5) is 10.3 Å². The van der Waals surface area contributed by atoms with E-state index in [4.69, 9.17) is 0 Å². The third-order valence-corrected chi connectivity index (χ3v) is 4.21. The predicted octanol–water partition coefficient (Wildman–Crippen LogP) is 2.16. The molecule has 1 aliphatic heterocycles. The number of fused-ring (bicyclic) bond motifs is 1. The normalized spacial score (nSPS) is 16.9. The lowest BCUT2D eigenvalue weighted by molar-refractivity contribution is 0.314. The zero-order valence-electron chi connectivity index (χ0n) is 10.7. The van der Waals surface area contributed by atoms with Gasteiger partial charge in [-0.05, 0) is 18.2 Å². The van der Waals surface area contributed by atoms with Crippen molar-refractivity contribution in [2.24, 2.45) is 0 Å². The van der Waals surface area contributed by atoms with Crippen LogP contribution < -0.4 is 5.32 Å². The molecule has 6 heteroatoms. The molecule has 102 valence electrons. The maximum absolute atomic E-state index is 13.1. The zero-order valence-corrected chi connectivity index (χ0v) is 11.5. The monoisotopic (exact) mass is 280 g/mol. The summed E-state index contributed by atoms with van der Waals surface area (Å²) in [5.74, 6) is 2.92. The molecule has 2 heterocycles. The smallest absolute Gasteiger partial charge is 0.201 e. The van der Waals surface area contributed by atoms with Gasteiger partial charge in [0, 0.05) is 37.7 Å². The number of anilines is 1. The van der Waals surface area contributed by atoms with Gasteiger partial charge in [0.1, 0.15) is 5.82 Å². The van der Waals surface area contributed by atoms with Crippen molar-refractivity contribution in [3.8, 4) is 0 Å². The van der Waals surface area contributed by atoms with Gasteiger partial charge < -0.3 is 10.3 Å². The molecule has 3 rings (SSSR count). The third-order valence-electron chi connectivity index (χ3n) is 3.27. The van der Waals surface area contributed by atoms with E-state index in [0.717, 1.165) is 37.2 Å². The predicted molar refractivity (Wildman–Crippen MR) is 78.3 cm³/mol. The third kappa shape index (κ3) is 3.19. The summed E-state index contributed by atoms with van der Waals surface area (Å²) in [5, 5.41) is 3.26. The molecule has 0 spiro atoms. The highest BCUT2D eigenvalue weighted by molar-refractivity contribution is 7.99. The van der Waals surface area contributed by atoms with Gasteiger partial charge in [-0.2, -0.15) is 11.8 Å². The summed E-state index contributed by atoms with van der Waals surface area (Å²) in [7, 11) is 0. The Morgan fingerprint density at radius 3 is 3.05 bits per heavy atom. The molecule has 0 amide bonds. The van der Waals surface area contributed by atoms with E-state index in [-0.39, 0.29) is 5.82 Å². The molecule has 0 aliphatic carbocycles. The summed E-state index contributed by atoms with van der Waals surface area (Å²) in [6.45, 7) is 4.20. The van der Waals surface area contributed by atoms with Crippen molar-refractivity contribution >= 4 is 28.7 Å². The molecule has 2 aromatic rings. The molecular formula is C13H17FN4S. The Balaban J connectivity index is 1.56. The first-order valence-electron chi connectivity index (χ1n) is 6.50. The van der Waals surface area contributed by atoms with Crippen LogP contribution in [0.1, 0.15) is 0 Å². The Labute approximate surface area is 115 Å². The number of rotatable bonds is 4. The van der Waals surface area contributed by atoms with Gasteiger partial charge in [-0.15, -0.1) is 0 Å². The molecule has 1 saturated heterocycles. The summed E-state index contributed by atoms with van der Waals surface area (Å²) in [6, 6.07) is 4.59. The largest absolute Gasteiger partial charge is 0.355 e. The molecule has 2 N–H and O–H groups in total. The van der Waals surface area contributed by atoms with Crippen molar-refractivity contribution < 1.29 is 4.39 Å². The standard InChI is InChI=1S/C13H17FN4S/c14-10-1-2-11-12(9-10)17-13(16-11)15-3-4-18-5-7-19-8-6-18/h1-2,9H,3-8H2,(H2,15,16,17).